The molecule has 0 amide bonds. The van der Waals surface area contributed by atoms with Crippen molar-refractivity contribution in [2.45, 2.75) is 6.42 Å². The highest BCUT2D eigenvalue weighted by atomic mass is 19.2. The fourth-order valence-corrected chi connectivity index (χ4v) is 1.41. The standard InChI is InChI=1S/C11H9F4NO3/c1-19-11(18)6-9(14)7(12)5(4(17)2-3-16)8(13)10(6)15/h2-3,16H2,1H3. The SMILES string of the molecule is COC(=O)c1c(F)c(F)c(C(=O)CCN)c(F)c1F. The van der Waals surface area contributed by atoms with Gasteiger partial charge in [0.05, 0.1) is 12.7 Å². The number of esters is 1. The largest absolute Gasteiger partial charge is 0.465 e. The van der Waals surface area contributed by atoms with Gasteiger partial charge in [-0.1, -0.05) is 0 Å². The molecule has 19 heavy (non-hydrogen) atoms. The lowest BCUT2D eigenvalue weighted by molar-refractivity contribution is 0.0585. The second-order valence-corrected chi connectivity index (χ2v) is 3.46. The fraction of sp³-hybridized carbons (Fsp3) is 0.273. The van der Waals surface area contributed by atoms with Gasteiger partial charge in [0.15, 0.2) is 29.1 Å². The van der Waals surface area contributed by atoms with Crippen LogP contribution in [0.25, 0.3) is 0 Å². The van der Waals surface area contributed by atoms with Gasteiger partial charge in [0, 0.05) is 6.42 Å². The Balaban J connectivity index is 3.56. The molecule has 0 fully saturated rings. The number of rotatable bonds is 4. The number of ketones is 1. The minimum Gasteiger partial charge on any atom is -0.465 e. The first-order chi connectivity index (χ1) is 8.86. The Bertz CT molecular complexity index is 516. The van der Waals surface area contributed by atoms with E-state index in [1.165, 1.54) is 0 Å². The van der Waals surface area contributed by atoms with Gasteiger partial charge in [0.2, 0.25) is 0 Å². The number of ether oxygens (including phenoxy) is 1. The third kappa shape index (κ3) is 2.58. The predicted molar refractivity (Wildman–Crippen MR) is 55.6 cm³/mol. The van der Waals surface area contributed by atoms with Crippen molar-refractivity contribution in [2.24, 2.45) is 5.73 Å². The van der Waals surface area contributed by atoms with Crippen molar-refractivity contribution in [1.29, 1.82) is 0 Å². The van der Waals surface area contributed by atoms with Gasteiger partial charge in [-0.25, -0.2) is 22.4 Å². The lowest BCUT2D eigenvalue weighted by atomic mass is 10.0. The molecule has 0 spiro atoms. The van der Waals surface area contributed by atoms with Gasteiger partial charge in [-0.2, -0.15) is 0 Å². The molecule has 0 saturated carbocycles. The van der Waals surface area contributed by atoms with Crippen molar-refractivity contribution >= 4 is 11.8 Å². The number of carbonyl (C=O) groups is 2. The molecule has 0 bridgehead atoms. The van der Waals surface area contributed by atoms with Crippen LogP contribution >= 0.6 is 0 Å². The van der Waals surface area contributed by atoms with Crippen molar-refractivity contribution in [3.63, 3.8) is 0 Å². The second-order valence-electron chi connectivity index (χ2n) is 3.46. The molecule has 4 nitrogen and oxygen atoms in total. The van der Waals surface area contributed by atoms with E-state index in [4.69, 9.17) is 5.73 Å². The summed E-state index contributed by atoms with van der Waals surface area (Å²) >= 11 is 0. The summed E-state index contributed by atoms with van der Waals surface area (Å²) in [6.45, 7) is -0.250. The van der Waals surface area contributed by atoms with Gasteiger partial charge < -0.3 is 10.5 Å². The molecule has 0 unspecified atom stereocenters. The minimum absolute atomic E-state index is 0.250. The Kier molecular flexibility index (Phi) is 4.60. The number of hydrogen-bond acceptors (Lipinski definition) is 4. The molecule has 0 saturated heterocycles. The first-order valence-corrected chi connectivity index (χ1v) is 5.04. The molecule has 104 valence electrons. The van der Waals surface area contributed by atoms with Crippen molar-refractivity contribution in [1.82, 2.24) is 0 Å². The zero-order valence-corrected chi connectivity index (χ0v) is 9.73. The number of nitrogens with two attached hydrogens (primary N) is 1. The van der Waals surface area contributed by atoms with Crippen LogP contribution in [0.15, 0.2) is 0 Å². The molecule has 1 aromatic carbocycles. The highest BCUT2D eigenvalue weighted by Crippen LogP contribution is 2.25. The van der Waals surface area contributed by atoms with E-state index < -0.39 is 52.6 Å². The van der Waals surface area contributed by atoms with Crippen LogP contribution in [0.1, 0.15) is 27.1 Å². The molecule has 0 atom stereocenters. The highest BCUT2D eigenvalue weighted by molar-refractivity contribution is 5.98. The average molecular weight is 279 g/mol. The van der Waals surface area contributed by atoms with Crippen molar-refractivity contribution in [2.75, 3.05) is 13.7 Å². The summed E-state index contributed by atoms with van der Waals surface area (Å²) in [6.07, 6.45) is -0.496. The molecule has 0 aromatic heterocycles. The van der Waals surface area contributed by atoms with E-state index in [1.54, 1.807) is 0 Å². The number of hydrogen-bond donors (Lipinski definition) is 1. The molecule has 2 N–H and O–H groups in total. The fourth-order valence-electron chi connectivity index (χ4n) is 1.41. The normalized spacial score (nSPS) is 10.4. The van der Waals surface area contributed by atoms with Crippen LogP contribution in [0.3, 0.4) is 0 Å². The Labute approximate surface area is 105 Å². The van der Waals surface area contributed by atoms with Crippen LogP contribution in [0.2, 0.25) is 0 Å². The predicted octanol–water partition coefficient (Wildman–Crippen LogP) is 1.56. The minimum atomic E-state index is -1.98. The summed E-state index contributed by atoms with van der Waals surface area (Å²) in [6, 6.07) is 0. The van der Waals surface area contributed by atoms with Crippen molar-refractivity contribution < 1.29 is 31.9 Å². The van der Waals surface area contributed by atoms with E-state index in [0.717, 1.165) is 7.11 Å². The van der Waals surface area contributed by atoms with Crippen molar-refractivity contribution in [3.05, 3.63) is 34.4 Å². The summed E-state index contributed by atoms with van der Waals surface area (Å²) in [5.41, 5.74) is 2.09. The lowest BCUT2D eigenvalue weighted by Crippen LogP contribution is -2.18. The van der Waals surface area contributed by atoms with E-state index in [0.29, 0.717) is 0 Å². The van der Waals surface area contributed by atoms with Gasteiger partial charge in [-0.3, -0.25) is 4.79 Å². The van der Waals surface area contributed by atoms with E-state index >= 15 is 0 Å². The van der Waals surface area contributed by atoms with Gasteiger partial charge in [0.1, 0.15) is 5.56 Å². The molecule has 1 aromatic rings. The quantitative estimate of drug-likeness (QED) is 0.393. The lowest BCUT2D eigenvalue weighted by Gasteiger charge is -2.09. The average Bonchev–Trinajstić information content (AvgIpc) is 2.37. The Morgan fingerprint density at radius 2 is 1.42 bits per heavy atom. The number of halogens is 4. The summed E-state index contributed by atoms with van der Waals surface area (Å²) in [5, 5.41) is 0. The first kappa shape index (κ1) is 15.1. The maximum Gasteiger partial charge on any atom is 0.344 e. The monoisotopic (exact) mass is 279 g/mol. The van der Waals surface area contributed by atoms with E-state index in [1.807, 2.05) is 0 Å². The Morgan fingerprint density at radius 3 is 1.79 bits per heavy atom. The third-order valence-electron chi connectivity index (χ3n) is 2.30. The molecule has 0 heterocycles. The number of carbonyl (C=O) groups excluding carboxylic acids is 2. The van der Waals surface area contributed by atoms with Gasteiger partial charge in [0.25, 0.3) is 0 Å². The van der Waals surface area contributed by atoms with E-state index in [9.17, 15) is 27.2 Å². The molecule has 8 heteroatoms. The number of methoxy groups -OCH3 is 1. The van der Waals surface area contributed by atoms with Gasteiger partial charge >= 0.3 is 5.97 Å². The Morgan fingerprint density at radius 1 is 1.00 bits per heavy atom. The molecule has 0 aliphatic rings. The molecule has 0 aliphatic heterocycles. The van der Waals surface area contributed by atoms with Crippen LogP contribution < -0.4 is 5.73 Å². The summed E-state index contributed by atoms with van der Waals surface area (Å²) in [4.78, 5) is 22.4. The van der Waals surface area contributed by atoms with Crippen LogP contribution in [0.4, 0.5) is 17.6 Å². The van der Waals surface area contributed by atoms with Crippen LogP contribution in [-0.2, 0) is 4.74 Å². The summed E-state index contributed by atoms with van der Waals surface area (Å²) in [5.74, 6) is -10.6. The maximum atomic E-state index is 13.5. The smallest absolute Gasteiger partial charge is 0.344 e. The maximum absolute atomic E-state index is 13.5. The zero-order valence-electron chi connectivity index (χ0n) is 9.73. The second kappa shape index (κ2) is 5.79. The zero-order chi connectivity index (χ0) is 14.7. The summed E-state index contributed by atoms with van der Waals surface area (Å²) in [7, 11) is 0.782. The van der Waals surface area contributed by atoms with E-state index in [2.05, 4.69) is 4.74 Å². The molecule has 0 aliphatic carbocycles. The summed E-state index contributed by atoms with van der Waals surface area (Å²) < 4.78 is 58.0. The highest BCUT2D eigenvalue weighted by Gasteiger charge is 2.32. The van der Waals surface area contributed by atoms with E-state index in [-0.39, 0.29) is 6.54 Å². The van der Waals surface area contributed by atoms with Crippen LogP contribution in [0.5, 0.6) is 0 Å². The number of benzene rings is 1. The van der Waals surface area contributed by atoms with Crippen LogP contribution in [-0.4, -0.2) is 25.4 Å². The molecular formula is C11H9F4NO3. The van der Waals surface area contributed by atoms with Crippen LogP contribution in [0, 0.1) is 23.3 Å². The number of Topliss-reactive ketones (excluding diaryl/α,β-unsaturated/α-hetero) is 1. The molecule has 1 rings (SSSR count). The molecule has 0 radical (unpaired) electrons. The van der Waals surface area contributed by atoms with Gasteiger partial charge in [-0.05, 0) is 6.54 Å². The first-order valence-electron chi connectivity index (χ1n) is 5.04. The van der Waals surface area contributed by atoms with Gasteiger partial charge in [-0.15, -0.1) is 0 Å². The topological polar surface area (TPSA) is 69.4 Å². The Hall–Kier alpha value is -1.96. The van der Waals surface area contributed by atoms with Crippen molar-refractivity contribution in [3.8, 4) is 0 Å². The third-order valence-corrected chi connectivity index (χ3v) is 2.30. The molecular weight excluding hydrogens is 270 g/mol.